The fourth-order valence-electron chi connectivity index (χ4n) is 4.59. The molecule has 0 aromatic carbocycles. The highest BCUT2D eigenvalue weighted by molar-refractivity contribution is 5.85. The molecule has 12 heteroatoms. The van der Waals surface area contributed by atoms with Crippen molar-refractivity contribution < 1.29 is 39.5 Å². The van der Waals surface area contributed by atoms with Gasteiger partial charge in [-0.05, 0) is 43.5 Å². The minimum absolute atomic E-state index is 0.0127. The third-order valence-electron chi connectivity index (χ3n) is 6.53. The molecule has 0 amide bonds. The second kappa shape index (κ2) is 16.2. The molecule has 1 fully saturated rings. The van der Waals surface area contributed by atoms with Crippen molar-refractivity contribution in [3.8, 4) is 0 Å². The molecule has 12 nitrogen and oxygen atoms in total. The molecule has 2 aromatic rings. The van der Waals surface area contributed by atoms with Gasteiger partial charge in [-0.1, -0.05) is 12.1 Å². The molecular formula is C27H38N4O8. The number of hydrogen-bond donors (Lipinski definition) is 4. The van der Waals surface area contributed by atoms with E-state index in [0.717, 1.165) is 19.3 Å². The molecule has 0 bridgehead atoms. The summed E-state index contributed by atoms with van der Waals surface area (Å²) < 4.78 is 12.3. The molecule has 3 rings (SSSR count). The van der Waals surface area contributed by atoms with Crippen LogP contribution < -0.4 is 0 Å². The zero-order chi connectivity index (χ0) is 28.0. The number of hydrogen-bond acceptors (Lipinski definition) is 10. The van der Waals surface area contributed by atoms with E-state index in [-0.39, 0.29) is 36.8 Å². The van der Waals surface area contributed by atoms with E-state index in [0.29, 0.717) is 63.9 Å². The molecule has 2 aromatic heterocycles. The van der Waals surface area contributed by atoms with Crippen LogP contribution in [-0.4, -0.2) is 117 Å². The summed E-state index contributed by atoms with van der Waals surface area (Å²) in [6.45, 7) is 3.54. The average Bonchev–Trinajstić information content (AvgIpc) is 3.36. The van der Waals surface area contributed by atoms with Crippen LogP contribution in [0.4, 0.5) is 0 Å². The molecule has 39 heavy (non-hydrogen) atoms. The first-order chi connectivity index (χ1) is 18.9. The fourth-order valence-corrected chi connectivity index (χ4v) is 4.59. The Labute approximate surface area is 227 Å². The lowest BCUT2D eigenvalue weighted by atomic mass is 10.2. The van der Waals surface area contributed by atoms with Crippen LogP contribution in [0.5, 0.6) is 0 Å². The number of ether oxygens (including phenoxy) is 2. The van der Waals surface area contributed by atoms with Gasteiger partial charge in [0.05, 0.1) is 50.0 Å². The van der Waals surface area contributed by atoms with Crippen LogP contribution in [0.3, 0.4) is 0 Å². The summed E-state index contributed by atoms with van der Waals surface area (Å²) in [6, 6.07) is 9.73. The number of carboxylic acids is 2. The highest BCUT2D eigenvalue weighted by atomic mass is 16.5. The molecule has 0 spiro atoms. The van der Waals surface area contributed by atoms with Crippen LogP contribution in [0.25, 0.3) is 0 Å². The number of carbonyl (C=O) groups is 2. The Morgan fingerprint density at radius 3 is 1.56 bits per heavy atom. The van der Waals surface area contributed by atoms with Crippen LogP contribution in [0, 0.1) is 0 Å². The number of aliphatic hydroxyl groups excluding tert-OH is 2. The van der Waals surface area contributed by atoms with Crippen LogP contribution in [0.2, 0.25) is 0 Å². The van der Waals surface area contributed by atoms with E-state index in [2.05, 4.69) is 9.97 Å². The molecule has 0 saturated heterocycles. The zero-order valence-corrected chi connectivity index (χ0v) is 22.0. The van der Waals surface area contributed by atoms with Crippen molar-refractivity contribution in [1.29, 1.82) is 0 Å². The van der Waals surface area contributed by atoms with Crippen molar-refractivity contribution in [3.63, 3.8) is 0 Å². The second-order valence-corrected chi connectivity index (χ2v) is 9.39. The van der Waals surface area contributed by atoms with E-state index in [1.54, 1.807) is 24.3 Å². The summed E-state index contributed by atoms with van der Waals surface area (Å²) in [6.07, 6.45) is 2.68. The summed E-state index contributed by atoms with van der Waals surface area (Å²) in [5.41, 5.74) is 1.20. The van der Waals surface area contributed by atoms with Gasteiger partial charge in [0.15, 0.2) is 0 Å². The number of rotatable bonds is 18. The number of carboxylic acid groups (broad SMARTS) is 2. The Kier molecular flexibility index (Phi) is 12.7. The molecular weight excluding hydrogens is 508 g/mol. The summed E-state index contributed by atoms with van der Waals surface area (Å²) in [7, 11) is 0. The lowest BCUT2D eigenvalue weighted by molar-refractivity contribution is -0.0649. The van der Waals surface area contributed by atoms with Crippen LogP contribution in [-0.2, 0) is 22.6 Å². The van der Waals surface area contributed by atoms with Gasteiger partial charge < -0.3 is 29.9 Å². The Morgan fingerprint density at radius 2 is 1.18 bits per heavy atom. The van der Waals surface area contributed by atoms with Crippen molar-refractivity contribution in [3.05, 3.63) is 59.2 Å². The molecule has 2 heterocycles. The monoisotopic (exact) mass is 546 g/mol. The van der Waals surface area contributed by atoms with Crippen LogP contribution in [0.1, 0.15) is 51.6 Å². The van der Waals surface area contributed by atoms with E-state index < -0.39 is 11.9 Å². The van der Waals surface area contributed by atoms with Gasteiger partial charge in [-0.2, -0.15) is 0 Å². The standard InChI is InChI=1S/C27H38N4O8/c32-14-10-30(18-20-4-1-6-22(28-20)26(34)35)12-16-38-24-8-3-9-25(24)39-17-13-31(11-15-33)19-21-5-2-7-23(29-21)27(36)37/h1-2,4-7,24-25,32-33H,3,8-19H2,(H,34,35)(H,36,37). The maximum atomic E-state index is 11.2. The van der Waals surface area contributed by atoms with E-state index >= 15 is 0 Å². The number of aliphatic hydroxyl groups is 2. The maximum absolute atomic E-state index is 11.2. The quantitative estimate of drug-likeness (QED) is 0.211. The Morgan fingerprint density at radius 1 is 0.744 bits per heavy atom. The van der Waals surface area contributed by atoms with Gasteiger partial charge in [0, 0.05) is 39.3 Å². The van der Waals surface area contributed by atoms with Gasteiger partial charge >= 0.3 is 11.9 Å². The van der Waals surface area contributed by atoms with Crippen molar-refractivity contribution >= 4 is 11.9 Å². The van der Waals surface area contributed by atoms with Crippen molar-refractivity contribution in [2.45, 2.75) is 44.6 Å². The summed E-state index contributed by atoms with van der Waals surface area (Å²) in [4.78, 5) is 34.6. The predicted octanol–water partition coefficient (Wildman–Crippen LogP) is 1.12. The molecule has 1 aliphatic rings. The topological polar surface area (TPSA) is 166 Å². The highest BCUT2D eigenvalue weighted by Crippen LogP contribution is 2.25. The first-order valence-electron chi connectivity index (χ1n) is 13.2. The van der Waals surface area contributed by atoms with Crippen molar-refractivity contribution in [2.75, 3.05) is 52.6 Å². The van der Waals surface area contributed by atoms with Crippen molar-refractivity contribution in [1.82, 2.24) is 19.8 Å². The molecule has 2 unspecified atom stereocenters. The number of aromatic carboxylic acids is 2. The molecule has 0 aliphatic heterocycles. The van der Waals surface area contributed by atoms with E-state index in [9.17, 15) is 19.8 Å². The molecule has 2 atom stereocenters. The largest absolute Gasteiger partial charge is 0.477 e. The predicted molar refractivity (Wildman–Crippen MR) is 140 cm³/mol. The second-order valence-electron chi connectivity index (χ2n) is 9.39. The van der Waals surface area contributed by atoms with Gasteiger partial charge in [-0.25, -0.2) is 19.6 Å². The van der Waals surface area contributed by atoms with Gasteiger partial charge in [0.1, 0.15) is 11.4 Å². The van der Waals surface area contributed by atoms with Gasteiger partial charge in [-0.15, -0.1) is 0 Å². The third-order valence-corrected chi connectivity index (χ3v) is 6.53. The highest BCUT2D eigenvalue weighted by Gasteiger charge is 2.29. The third kappa shape index (κ3) is 10.2. The fraction of sp³-hybridized carbons (Fsp3) is 0.556. The molecule has 1 aliphatic carbocycles. The zero-order valence-electron chi connectivity index (χ0n) is 22.0. The van der Waals surface area contributed by atoms with Crippen LogP contribution in [0.15, 0.2) is 36.4 Å². The smallest absolute Gasteiger partial charge is 0.354 e. The van der Waals surface area contributed by atoms with Gasteiger partial charge in [-0.3, -0.25) is 9.80 Å². The lowest BCUT2D eigenvalue weighted by Crippen LogP contribution is -2.35. The number of pyridine rings is 2. The van der Waals surface area contributed by atoms with Gasteiger partial charge in [0.2, 0.25) is 0 Å². The Hall–Kier alpha value is -3.00. The summed E-state index contributed by atoms with van der Waals surface area (Å²) >= 11 is 0. The normalized spacial score (nSPS) is 17.2. The van der Waals surface area contributed by atoms with Gasteiger partial charge in [0.25, 0.3) is 0 Å². The molecule has 1 saturated carbocycles. The first-order valence-corrected chi connectivity index (χ1v) is 13.2. The Balaban J connectivity index is 1.44. The molecule has 0 radical (unpaired) electrons. The Bertz CT molecular complexity index is 974. The summed E-state index contributed by atoms with van der Waals surface area (Å²) in [5, 5.41) is 37.2. The number of nitrogens with zero attached hydrogens (tertiary/aromatic N) is 4. The average molecular weight is 547 g/mol. The lowest BCUT2D eigenvalue weighted by Gasteiger charge is -2.26. The van der Waals surface area contributed by atoms with E-state index in [1.165, 1.54) is 12.1 Å². The minimum Gasteiger partial charge on any atom is -0.477 e. The van der Waals surface area contributed by atoms with Crippen LogP contribution >= 0.6 is 0 Å². The van der Waals surface area contributed by atoms with E-state index in [4.69, 9.17) is 19.7 Å². The minimum atomic E-state index is -1.08. The first kappa shape index (κ1) is 30.5. The van der Waals surface area contributed by atoms with E-state index in [1.807, 2.05) is 9.80 Å². The number of aromatic nitrogens is 2. The van der Waals surface area contributed by atoms with Crippen molar-refractivity contribution in [2.24, 2.45) is 0 Å². The maximum Gasteiger partial charge on any atom is 0.354 e. The summed E-state index contributed by atoms with van der Waals surface area (Å²) in [5.74, 6) is -2.16. The molecule has 214 valence electrons. The molecule has 4 N–H and O–H groups in total. The SMILES string of the molecule is O=C(O)c1cccc(CN(CCO)CCOC2CCCC2OCCN(CCO)Cc2cccc(C(=O)O)n2)n1.